The van der Waals surface area contributed by atoms with E-state index < -0.39 is 0 Å². The summed E-state index contributed by atoms with van der Waals surface area (Å²) < 4.78 is 0. The van der Waals surface area contributed by atoms with E-state index in [1.165, 1.54) is 0 Å². The maximum Gasteiger partial charge on any atom is 0.0511 e. The first kappa shape index (κ1) is 15.4. The maximum atomic E-state index is 8.97. The van der Waals surface area contributed by atoms with Crippen LogP contribution in [0.15, 0.2) is 24.3 Å². The average molecular weight is 271 g/mol. The van der Waals surface area contributed by atoms with Crippen molar-refractivity contribution in [2.24, 2.45) is 5.73 Å². The first-order chi connectivity index (χ1) is 8.61. The smallest absolute Gasteiger partial charge is 0.0511 e. The molecule has 2 atom stereocenters. The Morgan fingerprint density at radius 3 is 2.56 bits per heavy atom. The van der Waals surface area contributed by atoms with Crippen LogP contribution in [0.5, 0.6) is 0 Å². The second-order valence-corrected chi connectivity index (χ2v) is 4.94. The molecule has 2 unspecified atom stereocenters. The minimum Gasteiger partial charge on any atom is -0.396 e. The van der Waals surface area contributed by atoms with E-state index in [1.807, 2.05) is 31.2 Å². The highest BCUT2D eigenvalue weighted by atomic mass is 35.5. The summed E-state index contributed by atoms with van der Waals surface area (Å²) in [6.45, 7) is 6.01. The number of aliphatic hydroxyl groups is 1. The van der Waals surface area contributed by atoms with E-state index in [9.17, 15) is 0 Å². The minimum absolute atomic E-state index is 0.0106. The summed E-state index contributed by atoms with van der Waals surface area (Å²) in [4.78, 5) is 2.27. The van der Waals surface area contributed by atoms with Crippen molar-refractivity contribution in [2.45, 2.75) is 32.4 Å². The number of nitrogens with two attached hydrogens (primary N) is 1. The molecule has 1 aromatic carbocycles. The van der Waals surface area contributed by atoms with E-state index >= 15 is 0 Å². The molecule has 0 aliphatic rings. The molecule has 0 aliphatic carbocycles. The molecule has 0 spiro atoms. The lowest BCUT2D eigenvalue weighted by Crippen LogP contribution is -2.40. The number of benzene rings is 1. The molecule has 0 amide bonds. The third-order valence-corrected chi connectivity index (χ3v) is 3.47. The normalized spacial score (nSPS) is 14.8. The van der Waals surface area contributed by atoms with Gasteiger partial charge >= 0.3 is 0 Å². The number of hydrogen-bond acceptors (Lipinski definition) is 3. The lowest BCUT2D eigenvalue weighted by atomic mass is 9.99. The van der Waals surface area contributed by atoms with Crippen LogP contribution in [0, 0.1) is 0 Å². The van der Waals surface area contributed by atoms with E-state index in [0.29, 0.717) is 0 Å². The predicted molar refractivity (Wildman–Crippen MR) is 76.8 cm³/mol. The Balaban J connectivity index is 2.97. The van der Waals surface area contributed by atoms with Crippen molar-refractivity contribution in [3.63, 3.8) is 0 Å². The fourth-order valence-electron chi connectivity index (χ4n) is 2.30. The third-order valence-electron chi connectivity index (χ3n) is 3.12. The van der Waals surface area contributed by atoms with Gasteiger partial charge < -0.3 is 10.8 Å². The van der Waals surface area contributed by atoms with Crippen LogP contribution in [-0.4, -0.2) is 35.7 Å². The van der Waals surface area contributed by atoms with Gasteiger partial charge in [0.2, 0.25) is 0 Å². The fraction of sp³-hybridized carbons (Fsp3) is 0.571. The van der Waals surface area contributed by atoms with Crippen molar-refractivity contribution in [1.82, 2.24) is 4.90 Å². The SMILES string of the molecule is CCN(CCCO)C(c1ccccc1Cl)C(C)N. The molecule has 3 nitrogen and oxygen atoms in total. The van der Waals surface area contributed by atoms with E-state index in [1.54, 1.807) is 0 Å². The van der Waals surface area contributed by atoms with Gasteiger partial charge in [-0.3, -0.25) is 4.90 Å². The van der Waals surface area contributed by atoms with Gasteiger partial charge in [0.15, 0.2) is 0 Å². The second kappa shape index (κ2) is 7.74. The van der Waals surface area contributed by atoms with Gasteiger partial charge in [0.25, 0.3) is 0 Å². The van der Waals surface area contributed by atoms with Crippen LogP contribution in [0.2, 0.25) is 5.02 Å². The van der Waals surface area contributed by atoms with Crippen LogP contribution >= 0.6 is 11.6 Å². The van der Waals surface area contributed by atoms with Gasteiger partial charge in [-0.1, -0.05) is 36.7 Å². The standard InChI is InChI=1S/C14H23ClN2O/c1-3-17(9-6-10-18)14(11(2)16)12-7-4-5-8-13(12)15/h4-5,7-8,11,14,18H,3,6,9-10,16H2,1-2H3. The number of halogens is 1. The highest BCUT2D eigenvalue weighted by Crippen LogP contribution is 2.29. The summed E-state index contributed by atoms with van der Waals surface area (Å²) in [7, 11) is 0. The Morgan fingerprint density at radius 2 is 2.06 bits per heavy atom. The Kier molecular flexibility index (Phi) is 6.65. The molecule has 102 valence electrons. The first-order valence-electron chi connectivity index (χ1n) is 6.46. The molecule has 3 N–H and O–H groups in total. The van der Waals surface area contributed by atoms with Crippen molar-refractivity contribution in [3.05, 3.63) is 34.9 Å². The maximum absolute atomic E-state index is 8.97. The van der Waals surface area contributed by atoms with Crippen LogP contribution in [0.4, 0.5) is 0 Å². The van der Waals surface area contributed by atoms with Gasteiger partial charge in [-0.2, -0.15) is 0 Å². The predicted octanol–water partition coefficient (Wildman–Crippen LogP) is 2.43. The summed E-state index contributed by atoms with van der Waals surface area (Å²) in [5, 5.41) is 9.72. The topological polar surface area (TPSA) is 49.5 Å². The number of nitrogens with zero attached hydrogens (tertiary/aromatic N) is 1. The summed E-state index contributed by atoms with van der Waals surface area (Å²) in [6.07, 6.45) is 0.752. The van der Waals surface area contributed by atoms with Gasteiger partial charge in [-0.25, -0.2) is 0 Å². The zero-order chi connectivity index (χ0) is 13.5. The molecule has 18 heavy (non-hydrogen) atoms. The van der Waals surface area contributed by atoms with Crippen LogP contribution in [0.3, 0.4) is 0 Å². The number of likely N-dealkylation sites (N-methyl/N-ethyl adjacent to an activating group) is 1. The highest BCUT2D eigenvalue weighted by Gasteiger charge is 2.24. The monoisotopic (exact) mass is 270 g/mol. The minimum atomic E-state index is -0.0106. The molecule has 1 rings (SSSR count). The Hall–Kier alpha value is -0.610. The second-order valence-electron chi connectivity index (χ2n) is 4.53. The molecule has 0 fully saturated rings. The Bertz CT molecular complexity index is 357. The van der Waals surface area contributed by atoms with Gasteiger partial charge in [0.1, 0.15) is 0 Å². The zero-order valence-electron chi connectivity index (χ0n) is 11.1. The van der Waals surface area contributed by atoms with Gasteiger partial charge in [-0.15, -0.1) is 0 Å². The molecule has 0 aromatic heterocycles. The molecule has 0 heterocycles. The molecule has 4 heteroatoms. The molecule has 1 aromatic rings. The molecular weight excluding hydrogens is 248 g/mol. The number of hydrogen-bond donors (Lipinski definition) is 2. The summed E-state index contributed by atoms with van der Waals surface area (Å²) in [5.41, 5.74) is 7.19. The van der Waals surface area contributed by atoms with E-state index in [0.717, 1.165) is 30.1 Å². The van der Waals surface area contributed by atoms with Gasteiger partial charge in [-0.05, 0) is 31.5 Å². The first-order valence-corrected chi connectivity index (χ1v) is 6.84. The summed E-state index contributed by atoms with van der Waals surface area (Å²) in [5.74, 6) is 0. The van der Waals surface area contributed by atoms with Crippen LogP contribution in [0.25, 0.3) is 0 Å². The van der Waals surface area contributed by atoms with Crippen molar-refractivity contribution >= 4 is 11.6 Å². The lowest BCUT2D eigenvalue weighted by Gasteiger charge is -2.34. The molecule has 0 bridgehead atoms. The largest absolute Gasteiger partial charge is 0.396 e. The Labute approximate surface area is 115 Å². The van der Waals surface area contributed by atoms with Gasteiger partial charge in [0.05, 0.1) is 6.04 Å². The van der Waals surface area contributed by atoms with Crippen LogP contribution < -0.4 is 5.73 Å². The Morgan fingerprint density at radius 1 is 1.39 bits per heavy atom. The van der Waals surface area contributed by atoms with E-state index in [-0.39, 0.29) is 18.7 Å². The summed E-state index contributed by atoms with van der Waals surface area (Å²) >= 11 is 6.27. The van der Waals surface area contributed by atoms with E-state index in [4.69, 9.17) is 22.4 Å². The quantitative estimate of drug-likeness (QED) is 0.800. The average Bonchev–Trinajstić information content (AvgIpc) is 2.35. The molecular formula is C14H23ClN2O. The van der Waals surface area contributed by atoms with Crippen molar-refractivity contribution in [3.8, 4) is 0 Å². The fourth-order valence-corrected chi connectivity index (χ4v) is 2.54. The lowest BCUT2D eigenvalue weighted by molar-refractivity contribution is 0.165. The van der Waals surface area contributed by atoms with Gasteiger partial charge in [0, 0.05) is 24.2 Å². The number of rotatable bonds is 7. The number of aliphatic hydroxyl groups excluding tert-OH is 1. The molecule has 0 saturated carbocycles. The van der Waals surface area contributed by atoms with E-state index in [2.05, 4.69) is 11.8 Å². The van der Waals surface area contributed by atoms with Crippen LogP contribution in [-0.2, 0) is 0 Å². The highest BCUT2D eigenvalue weighted by molar-refractivity contribution is 6.31. The zero-order valence-corrected chi connectivity index (χ0v) is 11.9. The molecule has 0 saturated heterocycles. The molecule has 0 radical (unpaired) electrons. The summed E-state index contributed by atoms with van der Waals surface area (Å²) in [6, 6.07) is 7.91. The van der Waals surface area contributed by atoms with Crippen molar-refractivity contribution < 1.29 is 5.11 Å². The van der Waals surface area contributed by atoms with Crippen molar-refractivity contribution in [2.75, 3.05) is 19.7 Å². The third kappa shape index (κ3) is 3.95. The molecule has 0 aliphatic heterocycles. The van der Waals surface area contributed by atoms with Crippen LogP contribution in [0.1, 0.15) is 31.9 Å². The van der Waals surface area contributed by atoms with Crippen molar-refractivity contribution in [1.29, 1.82) is 0 Å².